The largest absolute Gasteiger partial charge is 0.463 e. The van der Waals surface area contributed by atoms with Gasteiger partial charge in [-0.2, -0.15) is 0 Å². The molecule has 5 heteroatoms. The van der Waals surface area contributed by atoms with Crippen molar-refractivity contribution in [1.29, 1.82) is 0 Å². The fourth-order valence-electron chi connectivity index (χ4n) is 2.33. The standard InChI is InChI=1S/C13H22N2O3/c1-3-18-13(17)10(2)8-15(9-12(14)16)11-6-4-5-7-11/h11H,2-9H2,1H3,(H2,14,16). The van der Waals surface area contributed by atoms with Crippen LogP contribution in [0.3, 0.4) is 0 Å². The van der Waals surface area contributed by atoms with Crippen LogP contribution in [0.4, 0.5) is 0 Å². The third-order valence-corrected chi connectivity index (χ3v) is 3.16. The van der Waals surface area contributed by atoms with Gasteiger partial charge in [0.2, 0.25) is 5.91 Å². The number of nitrogens with zero attached hydrogens (tertiary/aromatic N) is 1. The SMILES string of the molecule is C=C(CN(CC(N)=O)C1CCCC1)C(=O)OCC. The first-order chi connectivity index (χ1) is 8.54. The minimum Gasteiger partial charge on any atom is -0.463 e. The van der Waals surface area contributed by atoms with Crippen LogP contribution < -0.4 is 5.73 Å². The Morgan fingerprint density at radius 3 is 2.44 bits per heavy atom. The minimum absolute atomic E-state index is 0.170. The highest BCUT2D eigenvalue weighted by molar-refractivity contribution is 5.88. The van der Waals surface area contributed by atoms with Gasteiger partial charge in [-0.3, -0.25) is 9.69 Å². The lowest BCUT2D eigenvalue weighted by Gasteiger charge is -2.27. The predicted molar refractivity (Wildman–Crippen MR) is 68.8 cm³/mol. The van der Waals surface area contributed by atoms with Crippen molar-refractivity contribution in [2.45, 2.75) is 38.6 Å². The number of esters is 1. The summed E-state index contributed by atoms with van der Waals surface area (Å²) in [5, 5.41) is 0. The van der Waals surface area contributed by atoms with Gasteiger partial charge in [0, 0.05) is 18.2 Å². The molecule has 1 saturated carbocycles. The van der Waals surface area contributed by atoms with Gasteiger partial charge in [-0.1, -0.05) is 19.4 Å². The maximum Gasteiger partial charge on any atom is 0.334 e. The zero-order valence-electron chi connectivity index (χ0n) is 11.0. The summed E-state index contributed by atoms with van der Waals surface area (Å²) >= 11 is 0. The Morgan fingerprint density at radius 1 is 1.33 bits per heavy atom. The highest BCUT2D eigenvalue weighted by Gasteiger charge is 2.25. The van der Waals surface area contributed by atoms with E-state index in [9.17, 15) is 9.59 Å². The smallest absolute Gasteiger partial charge is 0.334 e. The Balaban J connectivity index is 2.57. The molecule has 0 atom stereocenters. The number of carbonyl (C=O) groups excluding carboxylic acids is 2. The molecule has 0 heterocycles. The van der Waals surface area contributed by atoms with Crippen LogP contribution in [0.1, 0.15) is 32.6 Å². The van der Waals surface area contributed by atoms with Crippen molar-refractivity contribution in [2.75, 3.05) is 19.7 Å². The second-order valence-corrected chi connectivity index (χ2v) is 4.63. The van der Waals surface area contributed by atoms with E-state index in [1.165, 1.54) is 0 Å². The molecule has 1 rings (SSSR count). The van der Waals surface area contributed by atoms with E-state index in [0.717, 1.165) is 25.7 Å². The Morgan fingerprint density at radius 2 is 1.94 bits per heavy atom. The Labute approximate surface area is 108 Å². The number of hydrogen-bond donors (Lipinski definition) is 1. The van der Waals surface area contributed by atoms with Gasteiger partial charge in [0.05, 0.1) is 13.2 Å². The van der Waals surface area contributed by atoms with Crippen LogP contribution in [-0.2, 0) is 14.3 Å². The van der Waals surface area contributed by atoms with Gasteiger partial charge in [-0.15, -0.1) is 0 Å². The molecule has 18 heavy (non-hydrogen) atoms. The summed E-state index contributed by atoms with van der Waals surface area (Å²) in [5.41, 5.74) is 5.62. The monoisotopic (exact) mass is 254 g/mol. The second-order valence-electron chi connectivity index (χ2n) is 4.63. The first-order valence-corrected chi connectivity index (χ1v) is 6.41. The summed E-state index contributed by atoms with van der Waals surface area (Å²) in [6.07, 6.45) is 4.41. The van der Waals surface area contributed by atoms with Crippen LogP contribution in [0.2, 0.25) is 0 Å². The Kier molecular flexibility index (Phi) is 5.85. The van der Waals surface area contributed by atoms with Crippen molar-refractivity contribution in [3.8, 4) is 0 Å². The van der Waals surface area contributed by atoms with E-state index in [4.69, 9.17) is 10.5 Å². The molecule has 0 unspecified atom stereocenters. The molecule has 0 bridgehead atoms. The van der Waals surface area contributed by atoms with Crippen molar-refractivity contribution < 1.29 is 14.3 Å². The van der Waals surface area contributed by atoms with Gasteiger partial charge in [0.25, 0.3) is 0 Å². The molecule has 1 aliphatic rings. The molecule has 102 valence electrons. The highest BCUT2D eigenvalue weighted by atomic mass is 16.5. The average molecular weight is 254 g/mol. The van der Waals surface area contributed by atoms with Crippen molar-refractivity contribution in [2.24, 2.45) is 5.73 Å². The van der Waals surface area contributed by atoms with E-state index < -0.39 is 5.97 Å². The number of carbonyl (C=O) groups is 2. The lowest BCUT2D eigenvalue weighted by Crippen LogP contribution is -2.42. The average Bonchev–Trinajstić information content (AvgIpc) is 2.81. The summed E-state index contributed by atoms with van der Waals surface area (Å²) in [7, 11) is 0. The molecule has 0 radical (unpaired) electrons. The van der Waals surface area contributed by atoms with Gasteiger partial charge in [-0.05, 0) is 19.8 Å². The summed E-state index contributed by atoms with van der Waals surface area (Å²) in [4.78, 5) is 24.5. The first-order valence-electron chi connectivity index (χ1n) is 6.41. The predicted octanol–water partition coefficient (Wildman–Crippen LogP) is 0.836. The van der Waals surface area contributed by atoms with Crippen molar-refractivity contribution >= 4 is 11.9 Å². The number of ether oxygens (including phenoxy) is 1. The number of nitrogens with two attached hydrogens (primary N) is 1. The van der Waals surface area contributed by atoms with Crippen LogP contribution >= 0.6 is 0 Å². The lowest BCUT2D eigenvalue weighted by atomic mass is 10.1. The molecule has 0 aromatic carbocycles. The van der Waals surface area contributed by atoms with Gasteiger partial charge >= 0.3 is 5.97 Å². The van der Waals surface area contributed by atoms with Crippen molar-refractivity contribution in [3.05, 3.63) is 12.2 Å². The van der Waals surface area contributed by atoms with Crippen LogP contribution in [0.15, 0.2) is 12.2 Å². The number of amides is 1. The van der Waals surface area contributed by atoms with Crippen LogP contribution in [0.5, 0.6) is 0 Å². The molecule has 1 amide bonds. The minimum atomic E-state index is -0.398. The van der Waals surface area contributed by atoms with E-state index in [1.807, 2.05) is 4.90 Å². The second kappa shape index (κ2) is 7.16. The zero-order valence-corrected chi connectivity index (χ0v) is 11.0. The van der Waals surface area contributed by atoms with Crippen LogP contribution in [0, 0.1) is 0 Å². The van der Waals surface area contributed by atoms with Crippen molar-refractivity contribution in [1.82, 2.24) is 4.90 Å². The molecule has 1 aliphatic carbocycles. The molecule has 0 saturated heterocycles. The summed E-state index contributed by atoms with van der Waals surface area (Å²) in [6.45, 7) is 6.33. The molecular weight excluding hydrogens is 232 g/mol. The zero-order chi connectivity index (χ0) is 13.5. The van der Waals surface area contributed by atoms with Gasteiger partial charge in [-0.25, -0.2) is 4.79 Å². The Bertz CT molecular complexity index is 322. The number of primary amides is 1. The maximum atomic E-state index is 11.5. The van der Waals surface area contributed by atoms with Crippen LogP contribution in [-0.4, -0.2) is 42.5 Å². The summed E-state index contributed by atoms with van der Waals surface area (Å²) in [5.74, 6) is -0.775. The first kappa shape index (κ1) is 14.7. The van der Waals surface area contributed by atoms with Gasteiger partial charge in [0.1, 0.15) is 0 Å². The molecule has 0 spiro atoms. The number of rotatable bonds is 7. The highest BCUT2D eigenvalue weighted by Crippen LogP contribution is 2.23. The summed E-state index contributed by atoms with van der Waals surface area (Å²) in [6, 6.07) is 0.323. The van der Waals surface area contributed by atoms with E-state index in [-0.39, 0.29) is 12.5 Å². The van der Waals surface area contributed by atoms with Crippen LogP contribution in [0.25, 0.3) is 0 Å². The molecule has 0 aromatic rings. The third-order valence-electron chi connectivity index (χ3n) is 3.16. The fourth-order valence-corrected chi connectivity index (χ4v) is 2.33. The normalized spacial score (nSPS) is 15.9. The Hall–Kier alpha value is -1.36. The molecule has 5 nitrogen and oxygen atoms in total. The van der Waals surface area contributed by atoms with E-state index in [1.54, 1.807) is 6.92 Å². The maximum absolute atomic E-state index is 11.5. The van der Waals surface area contributed by atoms with Crippen molar-refractivity contribution in [3.63, 3.8) is 0 Å². The quantitative estimate of drug-likeness (QED) is 0.539. The van der Waals surface area contributed by atoms with Gasteiger partial charge < -0.3 is 10.5 Å². The molecular formula is C13H22N2O3. The molecule has 0 aliphatic heterocycles. The van der Waals surface area contributed by atoms with Gasteiger partial charge in [0.15, 0.2) is 0 Å². The summed E-state index contributed by atoms with van der Waals surface area (Å²) < 4.78 is 4.89. The topological polar surface area (TPSA) is 72.6 Å². The van der Waals surface area contributed by atoms with E-state index >= 15 is 0 Å². The number of hydrogen-bond acceptors (Lipinski definition) is 4. The fraction of sp³-hybridized carbons (Fsp3) is 0.692. The molecule has 2 N–H and O–H groups in total. The molecule has 0 aromatic heterocycles. The van der Waals surface area contributed by atoms with E-state index in [2.05, 4.69) is 6.58 Å². The van der Waals surface area contributed by atoms with E-state index in [0.29, 0.717) is 24.8 Å². The lowest BCUT2D eigenvalue weighted by molar-refractivity contribution is -0.139. The third kappa shape index (κ3) is 4.49. The molecule has 1 fully saturated rings.